The van der Waals surface area contributed by atoms with Gasteiger partial charge in [-0.25, -0.2) is 4.98 Å². The van der Waals surface area contributed by atoms with Gasteiger partial charge in [0.1, 0.15) is 17.5 Å². The number of pyridine rings is 1. The molecule has 0 saturated carbocycles. The Balaban J connectivity index is 1.62. The number of benzene rings is 1. The number of nitrogens with zero attached hydrogens (tertiary/aromatic N) is 4. The normalized spacial score (nSPS) is 14.5. The van der Waals surface area contributed by atoms with E-state index in [2.05, 4.69) is 26.9 Å². The molecule has 0 atom stereocenters. The lowest BCUT2D eigenvalue weighted by molar-refractivity contribution is 0.415. The van der Waals surface area contributed by atoms with Crippen LogP contribution in [-0.4, -0.2) is 38.3 Å². The Morgan fingerprint density at radius 3 is 2.05 bits per heavy atom. The Bertz CT molecular complexity index is 653. The first-order chi connectivity index (χ1) is 10.8. The van der Waals surface area contributed by atoms with Crippen LogP contribution in [0.5, 0.6) is 5.75 Å². The van der Waals surface area contributed by atoms with Crippen LogP contribution in [0.25, 0.3) is 0 Å². The van der Waals surface area contributed by atoms with E-state index in [1.165, 1.54) is 5.69 Å². The lowest BCUT2D eigenvalue weighted by Crippen LogP contribution is -2.46. The summed E-state index contributed by atoms with van der Waals surface area (Å²) < 4.78 is 5.19. The molecule has 0 radical (unpaired) electrons. The van der Waals surface area contributed by atoms with Gasteiger partial charge in [0.25, 0.3) is 0 Å². The number of piperazine rings is 1. The van der Waals surface area contributed by atoms with Crippen LogP contribution in [-0.2, 0) is 0 Å². The zero-order chi connectivity index (χ0) is 15.4. The van der Waals surface area contributed by atoms with E-state index in [0.717, 1.165) is 37.6 Å². The van der Waals surface area contributed by atoms with Gasteiger partial charge in [0.2, 0.25) is 0 Å². The third-order valence-corrected chi connectivity index (χ3v) is 3.94. The third kappa shape index (κ3) is 2.96. The topological polar surface area (TPSA) is 52.4 Å². The lowest BCUT2D eigenvalue weighted by Gasteiger charge is -2.37. The Morgan fingerprint density at radius 1 is 0.955 bits per heavy atom. The van der Waals surface area contributed by atoms with Crippen LogP contribution in [0.2, 0.25) is 0 Å². The van der Waals surface area contributed by atoms with Gasteiger partial charge in [0, 0.05) is 31.9 Å². The van der Waals surface area contributed by atoms with Crippen molar-refractivity contribution in [1.82, 2.24) is 4.98 Å². The smallest absolute Gasteiger partial charge is 0.140 e. The van der Waals surface area contributed by atoms with Crippen molar-refractivity contribution < 1.29 is 4.74 Å². The first-order valence-electron chi connectivity index (χ1n) is 7.30. The van der Waals surface area contributed by atoms with Crippen molar-refractivity contribution in [3.05, 3.63) is 48.3 Å². The quantitative estimate of drug-likeness (QED) is 0.869. The second-order valence-corrected chi connectivity index (χ2v) is 5.19. The fourth-order valence-corrected chi connectivity index (χ4v) is 2.66. The second kappa shape index (κ2) is 6.35. The molecule has 0 aliphatic carbocycles. The van der Waals surface area contributed by atoms with Crippen molar-refractivity contribution in [2.75, 3.05) is 43.1 Å². The molecule has 2 aromatic rings. The van der Waals surface area contributed by atoms with Crippen molar-refractivity contribution in [2.24, 2.45) is 0 Å². The molecule has 0 amide bonds. The minimum absolute atomic E-state index is 0.459. The minimum atomic E-state index is 0.459. The summed E-state index contributed by atoms with van der Waals surface area (Å²) in [6, 6.07) is 14.0. The van der Waals surface area contributed by atoms with Gasteiger partial charge in [-0.3, -0.25) is 0 Å². The van der Waals surface area contributed by atoms with Crippen molar-refractivity contribution in [3.63, 3.8) is 0 Å². The molecule has 0 bridgehead atoms. The zero-order valence-corrected chi connectivity index (χ0v) is 12.6. The fourth-order valence-electron chi connectivity index (χ4n) is 2.66. The number of hydrogen-bond acceptors (Lipinski definition) is 5. The second-order valence-electron chi connectivity index (χ2n) is 5.19. The minimum Gasteiger partial charge on any atom is -0.497 e. The van der Waals surface area contributed by atoms with Crippen molar-refractivity contribution in [3.8, 4) is 11.8 Å². The highest BCUT2D eigenvalue weighted by Gasteiger charge is 2.17. The van der Waals surface area contributed by atoms with E-state index in [4.69, 9.17) is 10.00 Å². The Morgan fingerprint density at radius 2 is 1.55 bits per heavy atom. The predicted octanol–water partition coefficient (Wildman–Crippen LogP) is 2.29. The van der Waals surface area contributed by atoms with Gasteiger partial charge in [-0.1, -0.05) is 0 Å². The summed E-state index contributed by atoms with van der Waals surface area (Å²) in [6.07, 6.45) is 1.78. The summed E-state index contributed by atoms with van der Waals surface area (Å²) in [6.45, 7) is 3.82. The number of ether oxygens (including phenoxy) is 1. The summed E-state index contributed by atoms with van der Waals surface area (Å²) in [5.41, 5.74) is 2.76. The maximum Gasteiger partial charge on any atom is 0.140 e. The maximum atomic E-state index is 8.80. The molecule has 1 saturated heterocycles. The summed E-state index contributed by atoms with van der Waals surface area (Å²) >= 11 is 0. The molecule has 1 aromatic heterocycles. The maximum absolute atomic E-state index is 8.80. The van der Waals surface area contributed by atoms with Crippen molar-refractivity contribution >= 4 is 11.4 Å². The van der Waals surface area contributed by atoms with Crippen LogP contribution in [0, 0.1) is 11.3 Å². The molecule has 1 aliphatic heterocycles. The molecule has 0 N–H and O–H groups in total. The molecule has 1 fully saturated rings. The summed E-state index contributed by atoms with van der Waals surface area (Å²) in [5.74, 6) is 0.881. The van der Waals surface area contributed by atoms with Crippen LogP contribution < -0.4 is 14.5 Å². The van der Waals surface area contributed by atoms with Crippen LogP contribution in [0.15, 0.2) is 42.6 Å². The number of anilines is 2. The average molecular weight is 294 g/mol. The lowest BCUT2D eigenvalue weighted by atomic mass is 10.2. The van der Waals surface area contributed by atoms with E-state index < -0.39 is 0 Å². The highest BCUT2D eigenvalue weighted by atomic mass is 16.5. The number of aromatic nitrogens is 1. The number of nitriles is 1. The van der Waals surface area contributed by atoms with E-state index >= 15 is 0 Å². The summed E-state index contributed by atoms with van der Waals surface area (Å²) in [4.78, 5) is 8.81. The van der Waals surface area contributed by atoms with Gasteiger partial charge in [-0.05, 0) is 36.4 Å². The van der Waals surface area contributed by atoms with Gasteiger partial charge < -0.3 is 14.5 Å². The molecule has 1 aromatic carbocycles. The average Bonchev–Trinajstić information content (AvgIpc) is 2.62. The molecule has 5 heteroatoms. The molecule has 22 heavy (non-hydrogen) atoms. The number of methoxy groups -OCH3 is 1. The summed E-state index contributed by atoms with van der Waals surface area (Å²) in [7, 11) is 1.68. The first-order valence-corrected chi connectivity index (χ1v) is 7.30. The van der Waals surface area contributed by atoms with Crippen LogP contribution >= 0.6 is 0 Å². The molecular formula is C17H18N4O. The van der Waals surface area contributed by atoms with Gasteiger partial charge >= 0.3 is 0 Å². The third-order valence-electron chi connectivity index (χ3n) is 3.94. The molecule has 2 heterocycles. The molecule has 0 unspecified atom stereocenters. The molecule has 5 nitrogen and oxygen atoms in total. The summed E-state index contributed by atoms with van der Waals surface area (Å²) in [5, 5.41) is 8.80. The van der Waals surface area contributed by atoms with Crippen molar-refractivity contribution in [1.29, 1.82) is 5.26 Å². The van der Waals surface area contributed by atoms with Crippen LogP contribution in [0.4, 0.5) is 11.4 Å². The largest absolute Gasteiger partial charge is 0.497 e. The van der Waals surface area contributed by atoms with Gasteiger partial charge in [0.05, 0.1) is 19.0 Å². The van der Waals surface area contributed by atoms with E-state index in [1.54, 1.807) is 19.4 Å². The highest BCUT2D eigenvalue weighted by molar-refractivity contribution is 5.52. The monoisotopic (exact) mass is 294 g/mol. The van der Waals surface area contributed by atoms with E-state index in [-0.39, 0.29) is 0 Å². The SMILES string of the molecule is COc1ccc(N2CCN(c3ccc(C#N)nc3)CC2)cc1. The Kier molecular flexibility index (Phi) is 4.10. The van der Waals surface area contributed by atoms with E-state index in [1.807, 2.05) is 24.3 Å². The van der Waals surface area contributed by atoms with Crippen molar-refractivity contribution in [2.45, 2.75) is 0 Å². The molecule has 112 valence electrons. The molecule has 3 rings (SSSR count). The predicted molar refractivity (Wildman–Crippen MR) is 86.4 cm³/mol. The Hall–Kier alpha value is -2.74. The Labute approximate surface area is 130 Å². The molecular weight excluding hydrogens is 276 g/mol. The number of rotatable bonds is 3. The first kappa shape index (κ1) is 14.2. The zero-order valence-electron chi connectivity index (χ0n) is 12.6. The van der Waals surface area contributed by atoms with Crippen LogP contribution in [0.1, 0.15) is 5.69 Å². The van der Waals surface area contributed by atoms with E-state index in [9.17, 15) is 0 Å². The van der Waals surface area contributed by atoms with Gasteiger partial charge in [-0.15, -0.1) is 0 Å². The highest BCUT2D eigenvalue weighted by Crippen LogP contribution is 2.22. The fraction of sp³-hybridized carbons (Fsp3) is 0.294. The van der Waals surface area contributed by atoms with Gasteiger partial charge in [0.15, 0.2) is 0 Å². The standard InChI is InChI=1S/C17H18N4O/c1-22-17-6-4-15(5-7-17)20-8-10-21(11-9-20)16-3-2-14(12-18)19-13-16/h2-7,13H,8-11H2,1H3. The van der Waals surface area contributed by atoms with Gasteiger partial charge in [-0.2, -0.15) is 5.26 Å². The molecule has 1 aliphatic rings. The molecule has 0 spiro atoms. The van der Waals surface area contributed by atoms with Crippen LogP contribution in [0.3, 0.4) is 0 Å². The van der Waals surface area contributed by atoms with E-state index in [0.29, 0.717) is 5.69 Å². The number of hydrogen-bond donors (Lipinski definition) is 0.